The largest absolute Gasteiger partial charge is 0.309 e. The number of nitrogens with one attached hydrogen (secondary N) is 1. The van der Waals surface area contributed by atoms with Crippen LogP contribution in [0, 0.1) is 0 Å². The fraction of sp³-hybridized carbons (Fsp3) is 0.154. The Kier molecular flexibility index (Phi) is 6.44. The summed E-state index contributed by atoms with van der Waals surface area (Å²) in [4.78, 5) is 4.06. The Balaban J connectivity index is 0.00000162. The average Bonchev–Trinajstić information content (AvgIpc) is 2.35. The van der Waals surface area contributed by atoms with Gasteiger partial charge < -0.3 is 5.32 Å². The van der Waals surface area contributed by atoms with Crippen LogP contribution in [0.5, 0.6) is 0 Å². The minimum atomic E-state index is 0. The first-order valence-electron chi connectivity index (χ1n) is 5.29. The van der Waals surface area contributed by atoms with Crippen LogP contribution in [0.4, 0.5) is 0 Å². The molecule has 0 fully saturated rings. The van der Waals surface area contributed by atoms with Gasteiger partial charge in [-0.2, -0.15) is 0 Å². The van der Waals surface area contributed by atoms with Crippen molar-refractivity contribution in [2.24, 2.45) is 0 Å². The number of hydrogen-bond acceptors (Lipinski definition) is 2. The summed E-state index contributed by atoms with van der Waals surface area (Å²) in [5.74, 6) is 0. The van der Waals surface area contributed by atoms with Gasteiger partial charge in [0.25, 0.3) is 0 Å². The van der Waals surface area contributed by atoms with Crippen LogP contribution in [0.15, 0.2) is 42.7 Å². The van der Waals surface area contributed by atoms with E-state index in [1.165, 1.54) is 0 Å². The van der Waals surface area contributed by atoms with Crippen LogP contribution in [-0.2, 0) is 13.1 Å². The van der Waals surface area contributed by atoms with Crippen molar-refractivity contribution < 1.29 is 0 Å². The Bertz CT molecular complexity index is 489. The maximum atomic E-state index is 5.94. The lowest BCUT2D eigenvalue weighted by atomic mass is 10.2. The van der Waals surface area contributed by atoms with Crippen LogP contribution >= 0.6 is 35.6 Å². The van der Waals surface area contributed by atoms with E-state index in [9.17, 15) is 0 Å². The number of rotatable bonds is 4. The van der Waals surface area contributed by atoms with Crippen molar-refractivity contribution in [1.29, 1.82) is 0 Å². The van der Waals surface area contributed by atoms with Crippen molar-refractivity contribution in [3.05, 3.63) is 63.9 Å². The van der Waals surface area contributed by atoms with E-state index in [0.29, 0.717) is 10.0 Å². The van der Waals surface area contributed by atoms with Crippen molar-refractivity contribution in [3.63, 3.8) is 0 Å². The SMILES string of the molecule is Cl.Clc1ccc(CNCc2cccnc2)cc1Cl. The van der Waals surface area contributed by atoms with Gasteiger partial charge in [-0.3, -0.25) is 4.98 Å². The van der Waals surface area contributed by atoms with E-state index in [1.807, 2.05) is 36.5 Å². The number of benzene rings is 1. The highest BCUT2D eigenvalue weighted by atomic mass is 35.5. The summed E-state index contributed by atoms with van der Waals surface area (Å²) >= 11 is 11.8. The molecule has 0 saturated heterocycles. The molecule has 96 valence electrons. The average molecular weight is 304 g/mol. The second-order valence-electron chi connectivity index (χ2n) is 3.71. The Morgan fingerprint density at radius 1 is 1.00 bits per heavy atom. The maximum absolute atomic E-state index is 5.94. The minimum absolute atomic E-state index is 0. The van der Waals surface area contributed by atoms with Gasteiger partial charge in [0, 0.05) is 25.5 Å². The highest BCUT2D eigenvalue weighted by Gasteiger charge is 1.99. The molecular weight excluding hydrogens is 291 g/mol. The number of hydrogen-bond donors (Lipinski definition) is 1. The first-order valence-corrected chi connectivity index (χ1v) is 6.05. The molecule has 5 heteroatoms. The predicted molar refractivity (Wildman–Crippen MR) is 78.5 cm³/mol. The second kappa shape index (κ2) is 7.59. The van der Waals surface area contributed by atoms with E-state index < -0.39 is 0 Å². The van der Waals surface area contributed by atoms with E-state index in [1.54, 1.807) is 6.20 Å². The molecule has 0 atom stereocenters. The zero-order chi connectivity index (χ0) is 12.1. The summed E-state index contributed by atoms with van der Waals surface area (Å²) in [5.41, 5.74) is 2.27. The molecule has 0 spiro atoms. The Labute approximate surface area is 123 Å². The molecule has 1 heterocycles. The van der Waals surface area contributed by atoms with Crippen molar-refractivity contribution in [2.45, 2.75) is 13.1 Å². The maximum Gasteiger partial charge on any atom is 0.0595 e. The highest BCUT2D eigenvalue weighted by molar-refractivity contribution is 6.42. The Morgan fingerprint density at radius 2 is 1.78 bits per heavy atom. The van der Waals surface area contributed by atoms with Gasteiger partial charge in [0.1, 0.15) is 0 Å². The first kappa shape index (κ1) is 15.3. The van der Waals surface area contributed by atoms with Gasteiger partial charge in [0.05, 0.1) is 10.0 Å². The lowest BCUT2D eigenvalue weighted by molar-refractivity contribution is 0.691. The summed E-state index contributed by atoms with van der Waals surface area (Å²) in [6.07, 6.45) is 3.62. The van der Waals surface area contributed by atoms with E-state index in [0.717, 1.165) is 24.2 Å². The summed E-state index contributed by atoms with van der Waals surface area (Å²) in [6, 6.07) is 9.61. The minimum Gasteiger partial charge on any atom is -0.309 e. The van der Waals surface area contributed by atoms with Crippen LogP contribution in [0.25, 0.3) is 0 Å². The molecule has 2 nitrogen and oxygen atoms in total. The van der Waals surface area contributed by atoms with E-state index >= 15 is 0 Å². The molecule has 2 rings (SSSR count). The number of halogens is 3. The second-order valence-corrected chi connectivity index (χ2v) is 4.53. The summed E-state index contributed by atoms with van der Waals surface area (Å²) in [7, 11) is 0. The molecule has 1 aromatic heterocycles. The summed E-state index contributed by atoms with van der Waals surface area (Å²) < 4.78 is 0. The molecule has 18 heavy (non-hydrogen) atoms. The number of nitrogens with zero attached hydrogens (tertiary/aromatic N) is 1. The molecular formula is C13H13Cl3N2. The fourth-order valence-electron chi connectivity index (χ4n) is 1.50. The molecule has 0 bridgehead atoms. The van der Waals surface area contributed by atoms with E-state index in [2.05, 4.69) is 10.3 Å². The van der Waals surface area contributed by atoms with E-state index in [4.69, 9.17) is 23.2 Å². The van der Waals surface area contributed by atoms with Gasteiger partial charge in [-0.25, -0.2) is 0 Å². The first-order chi connectivity index (χ1) is 8.25. The Hall–Kier alpha value is -0.800. The van der Waals surface area contributed by atoms with Crippen LogP contribution in [0.1, 0.15) is 11.1 Å². The third kappa shape index (κ3) is 4.46. The summed E-state index contributed by atoms with van der Waals surface area (Å²) in [6.45, 7) is 1.54. The zero-order valence-electron chi connectivity index (χ0n) is 9.57. The molecule has 0 aliphatic rings. The molecule has 0 radical (unpaired) electrons. The van der Waals surface area contributed by atoms with Crippen molar-refractivity contribution in [3.8, 4) is 0 Å². The van der Waals surface area contributed by atoms with E-state index in [-0.39, 0.29) is 12.4 Å². The van der Waals surface area contributed by atoms with Crippen molar-refractivity contribution >= 4 is 35.6 Å². The molecule has 0 saturated carbocycles. The third-order valence-electron chi connectivity index (χ3n) is 2.37. The smallest absolute Gasteiger partial charge is 0.0595 e. The quantitative estimate of drug-likeness (QED) is 0.920. The lowest BCUT2D eigenvalue weighted by Crippen LogP contribution is -2.12. The van der Waals surface area contributed by atoms with Crippen LogP contribution in [-0.4, -0.2) is 4.98 Å². The monoisotopic (exact) mass is 302 g/mol. The number of pyridine rings is 1. The molecule has 0 unspecified atom stereocenters. The highest BCUT2D eigenvalue weighted by Crippen LogP contribution is 2.22. The molecule has 1 aromatic carbocycles. The predicted octanol–water partition coefficient (Wildman–Crippen LogP) is 4.10. The van der Waals surface area contributed by atoms with Crippen molar-refractivity contribution in [1.82, 2.24) is 10.3 Å². The van der Waals surface area contributed by atoms with Gasteiger partial charge in [-0.05, 0) is 29.3 Å². The normalized spacial score (nSPS) is 9.89. The van der Waals surface area contributed by atoms with Gasteiger partial charge in [-0.1, -0.05) is 35.3 Å². The molecule has 0 amide bonds. The van der Waals surface area contributed by atoms with Crippen molar-refractivity contribution in [2.75, 3.05) is 0 Å². The summed E-state index contributed by atoms with van der Waals surface area (Å²) in [5, 5.41) is 4.50. The van der Waals surface area contributed by atoms with Gasteiger partial charge in [0.15, 0.2) is 0 Å². The van der Waals surface area contributed by atoms with Crippen LogP contribution in [0.2, 0.25) is 10.0 Å². The van der Waals surface area contributed by atoms with Crippen LogP contribution < -0.4 is 5.32 Å². The lowest BCUT2D eigenvalue weighted by Gasteiger charge is -2.05. The standard InChI is InChI=1S/C13H12Cl2N2.ClH/c14-12-4-3-10(6-13(12)15)7-17-9-11-2-1-5-16-8-11;/h1-6,8,17H,7,9H2;1H. The van der Waals surface area contributed by atoms with Gasteiger partial charge >= 0.3 is 0 Å². The Morgan fingerprint density at radius 3 is 2.44 bits per heavy atom. The third-order valence-corrected chi connectivity index (χ3v) is 3.10. The molecule has 0 aliphatic heterocycles. The fourth-order valence-corrected chi connectivity index (χ4v) is 1.82. The number of aromatic nitrogens is 1. The van der Waals surface area contributed by atoms with Crippen LogP contribution in [0.3, 0.4) is 0 Å². The molecule has 0 aliphatic carbocycles. The van der Waals surface area contributed by atoms with Gasteiger partial charge in [-0.15, -0.1) is 12.4 Å². The zero-order valence-corrected chi connectivity index (χ0v) is 11.9. The van der Waals surface area contributed by atoms with Gasteiger partial charge in [0.2, 0.25) is 0 Å². The molecule has 1 N–H and O–H groups in total. The topological polar surface area (TPSA) is 24.9 Å². The molecule has 2 aromatic rings.